The molecule has 4 heteroatoms. The molecule has 20 heavy (non-hydrogen) atoms. The molecule has 1 aliphatic rings. The van der Waals surface area contributed by atoms with Crippen LogP contribution in [-0.4, -0.2) is 42.6 Å². The zero-order valence-corrected chi connectivity index (χ0v) is 11.8. The second-order valence-electron chi connectivity index (χ2n) is 5.49. The molecule has 1 heterocycles. The SMILES string of the molecule is CN(CCOCC1CC1)C(=O)c1cccc2cc[nH]c12. The van der Waals surface area contributed by atoms with E-state index in [4.69, 9.17) is 4.74 Å². The normalized spacial score (nSPS) is 14.7. The van der Waals surface area contributed by atoms with Crippen molar-refractivity contribution in [3.8, 4) is 0 Å². The van der Waals surface area contributed by atoms with Gasteiger partial charge in [-0.1, -0.05) is 12.1 Å². The van der Waals surface area contributed by atoms with Crippen LogP contribution < -0.4 is 0 Å². The number of carbonyl (C=O) groups excluding carboxylic acids is 1. The Balaban J connectivity index is 1.60. The molecule has 1 saturated carbocycles. The van der Waals surface area contributed by atoms with E-state index in [-0.39, 0.29) is 5.91 Å². The van der Waals surface area contributed by atoms with Gasteiger partial charge in [-0.3, -0.25) is 4.79 Å². The summed E-state index contributed by atoms with van der Waals surface area (Å²) >= 11 is 0. The Morgan fingerprint density at radius 3 is 3.05 bits per heavy atom. The monoisotopic (exact) mass is 272 g/mol. The number of nitrogens with zero attached hydrogens (tertiary/aromatic N) is 1. The molecule has 2 aromatic rings. The van der Waals surface area contributed by atoms with Crippen LogP contribution in [0.4, 0.5) is 0 Å². The summed E-state index contributed by atoms with van der Waals surface area (Å²) in [6, 6.07) is 7.76. The first-order chi connectivity index (χ1) is 9.75. The van der Waals surface area contributed by atoms with Crippen LogP contribution >= 0.6 is 0 Å². The van der Waals surface area contributed by atoms with E-state index in [0.29, 0.717) is 13.2 Å². The van der Waals surface area contributed by atoms with E-state index < -0.39 is 0 Å². The van der Waals surface area contributed by atoms with Crippen molar-refractivity contribution in [2.45, 2.75) is 12.8 Å². The van der Waals surface area contributed by atoms with E-state index in [1.54, 1.807) is 4.90 Å². The number of carbonyl (C=O) groups is 1. The molecule has 106 valence electrons. The number of nitrogens with one attached hydrogen (secondary N) is 1. The molecule has 0 aliphatic heterocycles. The summed E-state index contributed by atoms with van der Waals surface area (Å²) in [6.45, 7) is 2.08. The first-order valence-corrected chi connectivity index (χ1v) is 7.15. The summed E-state index contributed by atoms with van der Waals surface area (Å²) in [6.07, 6.45) is 4.45. The van der Waals surface area contributed by atoms with Crippen molar-refractivity contribution < 1.29 is 9.53 Å². The second kappa shape index (κ2) is 5.67. The molecule has 1 fully saturated rings. The van der Waals surface area contributed by atoms with Crippen LogP contribution in [0, 0.1) is 5.92 Å². The number of ether oxygens (including phenoxy) is 1. The van der Waals surface area contributed by atoms with Gasteiger partial charge in [-0.2, -0.15) is 0 Å². The molecule has 0 saturated heterocycles. The number of amides is 1. The maximum atomic E-state index is 12.4. The van der Waals surface area contributed by atoms with E-state index in [2.05, 4.69) is 4.98 Å². The van der Waals surface area contributed by atoms with Crippen molar-refractivity contribution in [2.75, 3.05) is 26.8 Å². The quantitative estimate of drug-likeness (QED) is 0.822. The number of para-hydroxylation sites is 1. The summed E-state index contributed by atoms with van der Waals surface area (Å²) in [5, 5.41) is 1.06. The van der Waals surface area contributed by atoms with Gasteiger partial charge in [-0.15, -0.1) is 0 Å². The summed E-state index contributed by atoms with van der Waals surface area (Å²) < 4.78 is 5.59. The van der Waals surface area contributed by atoms with E-state index in [1.807, 2.05) is 37.5 Å². The summed E-state index contributed by atoms with van der Waals surface area (Å²) in [7, 11) is 1.82. The summed E-state index contributed by atoms with van der Waals surface area (Å²) in [4.78, 5) is 17.3. The fraction of sp³-hybridized carbons (Fsp3) is 0.438. The number of aromatic amines is 1. The highest BCUT2D eigenvalue weighted by molar-refractivity contribution is 6.05. The Morgan fingerprint density at radius 1 is 1.40 bits per heavy atom. The van der Waals surface area contributed by atoms with Crippen LogP contribution in [0.3, 0.4) is 0 Å². The third-order valence-corrected chi connectivity index (χ3v) is 3.79. The molecule has 1 aliphatic carbocycles. The molecule has 0 bridgehead atoms. The third-order valence-electron chi connectivity index (χ3n) is 3.79. The molecular formula is C16H20N2O2. The lowest BCUT2D eigenvalue weighted by Crippen LogP contribution is -2.30. The van der Waals surface area contributed by atoms with Crippen LogP contribution in [0.2, 0.25) is 0 Å². The van der Waals surface area contributed by atoms with Gasteiger partial charge in [0.1, 0.15) is 0 Å². The van der Waals surface area contributed by atoms with Crippen LogP contribution in [0.15, 0.2) is 30.5 Å². The van der Waals surface area contributed by atoms with E-state index in [9.17, 15) is 4.79 Å². The second-order valence-corrected chi connectivity index (χ2v) is 5.49. The minimum absolute atomic E-state index is 0.0353. The maximum Gasteiger partial charge on any atom is 0.255 e. The smallest absolute Gasteiger partial charge is 0.255 e. The molecule has 1 amide bonds. The Morgan fingerprint density at radius 2 is 2.25 bits per heavy atom. The van der Waals surface area contributed by atoms with E-state index in [1.165, 1.54) is 12.8 Å². The molecule has 0 spiro atoms. The standard InChI is InChI=1S/C16H20N2O2/c1-18(9-10-20-11-12-5-6-12)16(19)14-4-2-3-13-7-8-17-15(13)14/h2-4,7-8,12,17H,5-6,9-11H2,1H3. The number of hydrogen-bond donors (Lipinski definition) is 1. The molecule has 1 aromatic carbocycles. The highest BCUT2D eigenvalue weighted by Gasteiger charge is 2.21. The topological polar surface area (TPSA) is 45.3 Å². The molecule has 0 radical (unpaired) electrons. The Labute approximate surface area is 118 Å². The van der Waals surface area contributed by atoms with Crippen molar-refractivity contribution in [1.29, 1.82) is 0 Å². The van der Waals surface area contributed by atoms with Crippen molar-refractivity contribution in [1.82, 2.24) is 9.88 Å². The Bertz CT molecular complexity index is 601. The van der Waals surface area contributed by atoms with Crippen molar-refractivity contribution >= 4 is 16.8 Å². The van der Waals surface area contributed by atoms with Gasteiger partial charge in [-0.05, 0) is 30.9 Å². The van der Waals surface area contributed by atoms with Gasteiger partial charge in [0.2, 0.25) is 0 Å². The van der Waals surface area contributed by atoms with Gasteiger partial charge >= 0.3 is 0 Å². The van der Waals surface area contributed by atoms with E-state index in [0.717, 1.165) is 29.0 Å². The van der Waals surface area contributed by atoms with Crippen molar-refractivity contribution in [2.24, 2.45) is 5.92 Å². The summed E-state index contributed by atoms with van der Waals surface area (Å²) in [5.41, 5.74) is 1.63. The summed E-state index contributed by atoms with van der Waals surface area (Å²) in [5.74, 6) is 0.803. The van der Waals surface area contributed by atoms with Crippen LogP contribution in [0.1, 0.15) is 23.2 Å². The lowest BCUT2D eigenvalue weighted by atomic mass is 10.1. The Kier molecular flexibility index (Phi) is 3.74. The van der Waals surface area contributed by atoms with Crippen molar-refractivity contribution in [3.05, 3.63) is 36.0 Å². The zero-order valence-electron chi connectivity index (χ0n) is 11.8. The average Bonchev–Trinajstić information content (AvgIpc) is 3.16. The highest BCUT2D eigenvalue weighted by atomic mass is 16.5. The van der Waals surface area contributed by atoms with Crippen LogP contribution in [0.5, 0.6) is 0 Å². The first kappa shape index (κ1) is 13.2. The molecule has 1 N–H and O–H groups in total. The Hall–Kier alpha value is -1.81. The highest BCUT2D eigenvalue weighted by Crippen LogP contribution is 2.28. The van der Waals surface area contributed by atoms with Gasteiger partial charge in [0, 0.05) is 31.8 Å². The van der Waals surface area contributed by atoms with Gasteiger partial charge < -0.3 is 14.6 Å². The number of aromatic nitrogens is 1. The number of fused-ring (bicyclic) bond motifs is 1. The fourth-order valence-electron chi connectivity index (χ4n) is 2.31. The van der Waals surface area contributed by atoms with Gasteiger partial charge in [-0.25, -0.2) is 0 Å². The predicted molar refractivity (Wildman–Crippen MR) is 78.8 cm³/mol. The minimum atomic E-state index is 0.0353. The number of hydrogen-bond acceptors (Lipinski definition) is 2. The van der Waals surface area contributed by atoms with Crippen molar-refractivity contribution in [3.63, 3.8) is 0 Å². The lowest BCUT2D eigenvalue weighted by molar-refractivity contribution is 0.0682. The fourth-order valence-corrected chi connectivity index (χ4v) is 2.31. The number of rotatable bonds is 6. The molecule has 3 rings (SSSR count). The largest absolute Gasteiger partial charge is 0.379 e. The average molecular weight is 272 g/mol. The van der Waals surface area contributed by atoms with Crippen LogP contribution in [-0.2, 0) is 4.74 Å². The first-order valence-electron chi connectivity index (χ1n) is 7.15. The molecule has 4 nitrogen and oxygen atoms in total. The maximum absolute atomic E-state index is 12.4. The van der Waals surface area contributed by atoms with E-state index >= 15 is 0 Å². The van der Waals surface area contributed by atoms with Gasteiger partial charge in [0.15, 0.2) is 0 Å². The number of benzene rings is 1. The minimum Gasteiger partial charge on any atom is -0.379 e. The molecule has 1 aromatic heterocycles. The molecular weight excluding hydrogens is 252 g/mol. The van der Waals surface area contributed by atoms with Gasteiger partial charge in [0.05, 0.1) is 17.7 Å². The molecule has 0 atom stereocenters. The predicted octanol–water partition coefficient (Wildman–Crippen LogP) is 2.67. The van der Waals surface area contributed by atoms with Gasteiger partial charge in [0.25, 0.3) is 5.91 Å². The number of H-pyrrole nitrogens is 1. The zero-order chi connectivity index (χ0) is 13.9. The van der Waals surface area contributed by atoms with Crippen LogP contribution in [0.25, 0.3) is 10.9 Å². The molecule has 0 unspecified atom stereocenters. The number of likely N-dealkylation sites (N-methyl/N-ethyl adjacent to an activating group) is 1. The third kappa shape index (κ3) is 2.85. The lowest BCUT2D eigenvalue weighted by Gasteiger charge is -2.17.